The van der Waals surface area contributed by atoms with Gasteiger partial charge in [0.2, 0.25) is 0 Å². The predicted molar refractivity (Wildman–Crippen MR) is 76.3 cm³/mol. The smallest absolute Gasteiger partial charge is 0.331 e. The van der Waals surface area contributed by atoms with Crippen LogP contribution in [-0.4, -0.2) is 31.6 Å². The monoisotopic (exact) mass is 277 g/mol. The first-order valence-electron chi connectivity index (χ1n) is 6.37. The van der Waals surface area contributed by atoms with E-state index in [1.807, 2.05) is 12.1 Å². The molecule has 0 spiro atoms. The van der Waals surface area contributed by atoms with E-state index in [0.29, 0.717) is 6.54 Å². The number of carbonyl (C=O) groups excluding carboxylic acids is 2. The zero-order chi connectivity index (χ0) is 15.0. The van der Waals surface area contributed by atoms with Crippen molar-refractivity contribution in [3.05, 3.63) is 35.9 Å². The summed E-state index contributed by atoms with van der Waals surface area (Å²) in [6, 6.07) is 7.22. The first-order chi connectivity index (χ1) is 9.56. The van der Waals surface area contributed by atoms with Gasteiger partial charge in [-0.2, -0.15) is 0 Å². The number of nitrogens with one attached hydrogen (secondary N) is 1. The molecule has 1 atom stereocenters. The largest absolute Gasteiger partial charge is 0.497 e. The topological polar surface area (TPSA) is 64.6 Å². The molecule has 1 N–H and O–H groups in total. The molecule has 1 rings (SSSR count). The number of carbonyl (C=O) groups is 2. The number of ether oxygens (including phenoxy) is 2. The number of hydrogen-bond acceptors (Lipinski definition) is 4. The summed E-state index contributed by atoms with van der Waals surface area (Å²) in [5.41, 5.74) is 0.841. The first kappa shape index (κ1) is 15.8. The molecule has 0 radical (unpaired) electrons. The second-order valence-corrected chi connectivity index (χ2v) is 4.08. The van der Waals surface area contributed by atoms with Crippen LogP contribution in [-0.2, 0) is 14.3 Å². The minimum atomic E-state index is -0.803. The minimum Gasteiger partial charge on any atom is -0.497 e. The molecule has 0 saturated heterocycles. The van der Waals surface area contributed by atoms with Crippen LogP contribution in [0.4, 0.5) is 0 Å². The maximum absolute atomic E-state index is 11.5. The van der Waals surface area contributed by atoms with Gasteiger partial charge >= 0.3 is 5.97 Å². The van der Waals surface area contributed by atoms with Crippen molar-refractivity contribution in [3.8, 4) is 5.75 Å². The third-order valence-corrected chi connectivity index (χ3v) is 2.54. The van der Waals surface area contributed by atoms with Gasteiger partial charge in [0.05, 0.1) is 7.11 Å². The Balaban J connectivity index is 2.52. The molecule has 5 nitrogen and oxygen atoms in total. The van der Waals surface area contributed by atoms with E-state index < -0.39 is 12.1 Å². The number of amides is 1. The van der Waals surface area contributed by atoms with Gasteiger partial charge in [-0.25, -0.2) is 4.79 Å². The summed E-state index contributed by atoms with van der Waals surface area (Å²) >= 11 is 0. The molecule has 20 heavy (non-hydrogen) atoms. The van der Waals surface area contributed by atoms with Crippen molar-refractivity contribution in [2.45, 2.75) is 20.0 Å². The summed E-state index contributed by atoms with van der Waals surface area (Å²) < 4.78 is 10.0. The predicted octanol–water partition coefficient (Wildman–Crippen LogP) is 1.78. The third-order valence-electron chi connectivity index (χ3n) is 2.54. The van der Waals surface area contributed by atoms with Crippen molar-refractivity contribution >= 4 is 18.0 Å². The molecule has 0 heterocycles. The molecular formula is C15H19NO4. The highest BCUT2D eigenvalue weighted by Crippen LogP contribution is 2.12. The molecule has 1 aromatic rings. The van der Waals surface area contributed by atoms with Crippen LogP contribution in [0.25, 0.3) is 6.08 Å². The Morgan fingerprint density at radius 1 is 1.30 bits per heavy atom. The van der Waals surface area contributed by atoms with Crippen molar-refractivity contribution in [2.75, 3.05) is 13.7 Å². The Morgan fingerprint density at radius 2 is 1.95 bits per heavy atom. The molecule has 1 amide bonds. The highest BCUT2D eigenvalue weighted by Gasteiger charge is 2.14. The lowest BCUT2D eigenvalue weighted by Gasteiger charge is -2.10. The van der Waals surface area contributed by atoms with E-state index in [2.05, 4.69) is 5.32 Å². The van der Waals surface area contributed by atoms with Crippen LogP contribution in [0.5, 0.6) is 5.75 Å². The molecule has 0 aliphatic carbocycles. The van der Waals surface area contributed by atoms with Crippen molar-refractivity contribution in [1.29, 1.82) is 0 Å². The Hall–Kier alpha value is -2.30. The van der Waals surface area contributed by atoms with Crippen molar-refractivity contribution in [3.63, 3.8) is 0 Å². The van der Waals surface area contributed by atoms with E-state index in [0.717, 1.165) is 11.3 Å². The van der Waals surface area contributed by atoms with E-state index in [9.17, 15) is 9.59 Å². The third kappa shape index (κ3) is 5.14. The highest BCUT2D eigenvalue weighted by molar-refractivity contribution is 5.90. The Kier molecular flexibility index (Phi) is 6.29. The van der Waals surface area contributed by atoms with Crippen LogP contribution in [0, 0.1) is 0 Å². The molecule has 0 fully saturated rings. The van der Waals surface area contributed by atoms with Gasteiger partial charge in [0, 0.05) is 12.6 Å². The number of rotatable bonds is 6. The molecule has 5 heteroatoms. The molecule has 0 aliphatic heterocycles. The van der Waals surface area contributed by atoms with Gasteiger partial charge in [-0.15, -0.1) is 0 Å². The fraction of sp³-hybridized carbons (Fsp3) is 0.333. The van der Waals surface area contributed by atoms with Crippen LogP contribution in [0.3, 0.4) is 0 Å². The van der Waals surface area contributed by atoms with Crippen LogP contribution in [0.2, 0.25) is 0 Å². The number of hydrogen-bond donors (Lipinski definition) is 1. The molecule has 0 unspecified atom stereocenters. The van der Waals surface area contributed by atoms with Gasteiger partial charge in [0.1, 0.15) is 5.75 Å². The fourth-order valence-corrected chi connectivity index (χ4v) is 1.46. The number of esters is 1. The van der Waals surface area contributed by atoms with E-state index in [1.54, 1.807) is 32.2 Å². The maximum Gasteiger partial charge on any atom is 0.331 e. The zero-order valence-corrected chi connectivity index (χ0v) is 11.9. The Morgan fingerprint density at radius 3 is 2.50 bits per heavy atom. The van der Waals surface area contributed by atoms with Gasteiger partial charge in [0.25, 0.3) is 5.91 Å². The van der Waals surface area contributed by atoms with E-state index >= 15 is 0 Å². The molecule has 1 aromatic carbocycles. The Bertz CT molecular complexity index is 479. The number of benzene rings is 1. The minimum absolute atomic E-state index is 0.307. The average Bonchev–Trinajstić information content (AvgIpc) is 2.45. The molecule has 108 valence electrons. The average molecular weight is 277 g/mol. The molecule has 0 aliphatic rings. The van der Waals surface area contributed by atoms with Crippen molar-refractivity contribution < 1.29 is 19.1 Å². The molecule has 0 bridgehead atoms. The Labute approximate surface area is 118 Å². The van der Waals surface area contributed by atoms with Crippen LogP contribution in [0.1, 0.15) is 19.4 Å². The summed E-state index contributed by atoms with van der Waals surface area (Å²) in [7, 11) is 1.59. The lowest BCUT2D eigenvalue weighted by atomic mass is 10.2. The SMILES string of the molecule is CCNC(=O)[C@@H](C)OC(=O)/C=C/c1ccc(OC)cc1. The normalized spacial score (nSPS) is 11.9. The first-order valence-corrected chi connectivity index (χ1v) is 6.37. The molecule has 0 aromatic heterocycles. The lowest BCUT2D eigenvalue weighted by Crippen LogP contribution is -2.35. The number of likely N-dealkylation sites (N-methyl/N-ethyl adjacent to an activating group) is 1. The lowest BCUT2D eigenvalue weighted by molar-refractivity contribution is -0.150. The van der Waals surface area contributed by atoms with E-state index in [1.165, 1.54) is 13.0 Å². The maximum atomic E-state index is 11.5. The van der Waals surface area contributed by atoms with Gasteiger partial charge in [-0.3, -0.25) is 4.79 Å². The number of methoxy groups -OCH3 is 1. The van der Waals surface area contributed by atoms with Crippen LogP contribution >= 0.6 is 0 Å². The van der Waals surface area contributed by atoms with Crippen LogP contribution in [0.15, 0.2) is 30.3 Å². The molecular weight excluding hydrogens is 258 g/mol. The van der Waals surface area contributed by atoms with Gasteiger partial charge < -0.3 is 14.8 Å². The highest BCUT2D eigenvalue weighted by atomic mass is 16.5. The quantitative estimate of drug-likeness (QED) is 0.636. The van der Waals surface area contributed by atoms with Gasteiger partial charge in [0.15, 0.2) is 6.10 Å². The summed E-state index contributed by atoms with van der Waals surface area (Å²) in [4.78, 5) is 22.9. The standard InChI is InChI=1S/C15H19NO4/c1-4-16-15(18)11(2)20-14(17)10-7-12-5-8-13(19-3)9-6-12/h5-11H,4H2,1-3H3,(H,16,18)/b10-7+/t11-/m1/s1. The summed E-state index contributed by atoms with van der Waals surface area (Å²) in [6.07, 6.45) is 2.10. The second kappa shape index (κ2) is 7.99. The van der Waals surface area contributed by atoms with Crippen LogP contribution < -0.4 is 10.1 Å². The second-order valence-electron chi connectivity index (χ2n) is 4.08. The summed E-state index contributed by atoms with van der Waals surface area (Å²) in [6.45, 7) is 3.84. The summed E-state index contributed by atoms with van der Waals surface area (Å²) in [5.74, 6) is -0.118. The van der Waals surface area contributed by atoms with Gasteiger partial charge in [-0.05, 0) is 37.6 Å². The van der Waals surface area contributed by atoms with Crippen molar-refractivity contribution in [2.24, 2.45) is 0 Å². The van der Waals surface area contributed by atoms with Gasteiger partial charge in [-0.1, -0.05) is 12.1 Å². The fourth-order valence-electron chi connectivity index (χ4n) is 1.46. The van der Waals surface area contributed by atoms with E-state index in [4.69, 9.17) is 9.47 Å². The zero-order valence-electron chi connectivity index (χ0n) is 11.9. The van der Waals surface area contributed by atoms with E-state index in [-0.39, 0.29) is 5.91 Å². The summed E-state index contributed by atoms with van der Waals surface area (Å²) in [5, 5.41) is 2.58. The molecule has 0 saturated carbocycles. The van der Waals surface area contributed by atoms with Crippen molar-refractivity contribution in [1.82, 2.24) is 5.32 Å².